The third-order valence-electron chi connectivity index (χ3n) is 6.00. The number of carbonyl (C=O) groups excluding carboxylic acids is 2. The van der Waals surface area contributed by atoms with Crippen molar-refractivity contribution >= 4 is 11.8 Å². The van der Waals surface area contributed by atoms with Gasteiger partial charge in [-0.2, -0.15) is 0 Å². The van der Waals surface area contributed by atoms with Gasteiger partial charge in [-0.1, -0.05) is 6.07 Å². The van der Waals surface area contributed by atoms with Crippen molar-refractivity contribution in [3.63, 3.8) is 0 Å². The van der Waals surface area contributed by atoms with Gasteiger partial charge in [-0.3, -0.25) is 9.59 Å². The Labute approximate surface area is 164 Å². The van der Waals surface area contributed by atoms with Crippen molar-refractivity contribution in [3.05, 3.63) is 48.0 Å². The second-order valence-corrected chi connectivity index (χ2v) is 8.02. The highest BCUT2D eigenvalue weighted by molar-refractivity contribution is 5.94. The number of benzene rings is 1. The summed E-state index contributed by atoms with van der Waals surface area (Å²) in [5.74, 6) is 0.253. The molecule has 1 aromatic heterocycles. The minimum Gasteiger partial charge on any atom is -0.508 e. The van der Waals surface area contributed by atoms with Crippen molar-refractivity contribution < 1.29 is 14.7 Å². The normalized spacial score (nSPS) is 22.6. The Morgan fingerprint density at radius 2 is 2.18 bits per heavy atom. The highest BCUT2D eigenvalue weighted by atomic mass is 16.3. The Hall–Kier alpha value is -2.83. The predicted molar refractivity (Wildman–Crippen MR) is 104 cm³/mol. The van der Waals surface area contributed by atoms with Gasteiger partial charge in [0.05, 0.1) is 6.33 Å². The SMILES string of the molecule is O=C1CCC2(CCCN(C(=O)c3cccc(O)c3)C2)CN1CCc1cnc[nH]1. The van der Waals surface area contributed by atoms with Gasteiger partial charge in [-0.15, -0.1) is 0 Å². The van der Waals surface area contributed by atoms with E-state index in [1.807, 2.05) is 9.80 Å². The lowest BCUT2D eigenvalue weighted by molar-refractivity contribution is -0.138. The van der Waals surface area contributed by atoms with Gasteiger partial charge in [0.15, 0.2) is 0 Å². The maximum absolute atomic E-state index is 12.9. The molecule has 0 bridgehead atoms. The summed E-state index contributed by atoms with van der Waals surface area (Å²) in [6.07, 6.45) is 7.54. The van der Waals surface area contributed by atoms with Crippen molar-refractivity contribution in [2.24, 2.45) is 5.41 Å². The van der Waals surface area contributed by atoms with Crippen LogP contribution in [0, 0.1) is 5.41 Å². The van der Waals surface area contributed by atoms with E-state index < -0.39 is 0 Å². The largest absolute Gasteiger partial charge is 0.508 e. The molecule has 2 amide bonds. The zero-order valence-corrected chi connectivity index (χ0v) is 15.9. The number of phenolic OH excluding ortho intramolecular Hbond substituents is 1. The summed E-state index contributed by atoms with van der Waals surface area (Å²) in [6.45, 7) is 2.75. The predicted octanol–water partition coefficient (Wildman–Crippen LogP) is 2.20. The lowest BCUT2D eigenvalue weighted by Gasteiger charge is -2.48. The first-order valence-electron chi connectivity index (χ1n) is 9.88. The fourth-order valence-electron chi connectivity index (χ4n) is 4.52. The number of aromatic nitrogens is 2. The Balaban J connectivity index is 1.44. The molecule has 0 radical (unpaired) electrons. The first-order chi connectivity index (χ1) is 13.5. The molecule has 2 aromatic rings. The molecule has 0 saturated carbocycles. The van der Waals surface area contributed by atoms with Gasteiger partial charge in [0.2, 0.25) is 5.91 Å². The van der Waals surface area contributed by atoms with Crippen LogP contribution in [0.4, 0.5) is 0 Å². The van der Waals surface area contributed by atoms with Gasteiger partial charge >= 0.3 is 0 Å². The molecule has 1 spiro atoms. The molecule has 3 heterocycles. The Morgan fingerprint density at radius 3 is 2.96 bits per heavy atom. The molecule has 0 aliphatic carbocycles. The summed E-state index contributed by atoms with van der Waals surface area (Å²) in [4.78, 5) is 36.3. The van der Waals surface area contributed by atoms with E-state index in [4.69, 9.17) is 0 Å². The van der Waals surface area contributed by atoms with Crippen LogP contribution in [0.5, 0.6) is 5.75 Å². The summed E-state index contributed by atoms with van der Waals surface area (Å²) < 4.78 is 0. The van der Waals surface area contributed by atoms with Crippen LogP contribution in [-0.2, 0) is 11.2 Å². The standard InChI is InChI=1S/C21H26N4O3/c26-18-4-1-3-16(11-18)20(28)25-9-2-7-21(14-25)8-5-19(27)24(13-21)10-6-17-12-22-15-23-17/h1,3-4,11-12,15,26H,2,5-10,13-14H2,(H,22,23). The number of hydrogen-bond donors (Lipinski definition) is 2. The van der Waals surface area contributed by atoms with Crippen molar-refractivity contribution in [1.82, 2.24) is 19.8 Å². The average molecular weight is 382 g/mol. The Morgan fingerprint density at radius 1 is 1.29 bits per heavy atom. The Kier molecular flexibility index (Phi) is 5.07. The summed E-state index contributed by atoms with van der Waals surface area (Å²) in [5.41, 5.74) is 1.50. The van der Waals surface area contributed by atoms with Gasteiger partial charge in [0.25, 0.3) is 5.91 Å². The van der Waals surface area contributed by atoms with Gasteiger partial charge in [-0.25, -0.2) is 4.98 Å². The molecule has 1 atom stereocenters. The number of rotatable bonds is 4. The van der Waals surface area contributed by atoms with Crippen LogP contribution >= 0.6 is 0 Å². The zero-order valence-electron chi connectivity index (χ0n) is 15.9. The lowest BCUT2D eigenvalue weighted by atomic mass is 9.73. The summed E-state index contributed by atoms with van der Waals surface area (Å²) in [6, 6.07) is 6.52. The van der Waals surface area contributed by atoms with Crippen molar-refractivity contribution in [2.45, 2.75) is 32.1 Å². The summed E-state index contributed by atoms with van der Waals surface area (Å²) in [7, 11) is 0. The summed E-state index contributed by atoms with van der Waals surface area (Å²) >= 11 is 0. The number of likely N-dealkylation sites (tertiary alicyclic amines) is 2. The molecular formula is C21H26N4O3. The van der Waals surface area contributed by atoms with Crippen molar-refractivity contribution in [1.29, 1.82) is 0 Å². The highest BCUT2D eigenvalue weighted by Gasteiger charge is 2.42. The minimum absolute atomic E-state index is 0.0351. The van der Waals surface area contributed by atoms with E-state index in [9.17, 15) is 14.7 Å². The van der Waals surface area contributed by atoms with Crippen LogP contribution in [0.3, 0.4) is 0 Å². The van der Waals surface area contributed by atoms with E-state index in [-0.39, 0.29) is 23.0 Å². The monoisotopic (exact) mass is 382 g/mol. The molecule has 1 unspecified atom stereocenters. The van der Waals surface area contributed by atoms with E-state index in [2.05, 4.69) is 9.97 Å². The topological polar surface area (TPSA) is 89.5 Å². The number of carbonyl (C=O) groups is 2. The maximum Gasteiger partial charge on any atom is 0.254 e. The average Bonchev–Trinajstić information content (AvgIpc) is 3.22. The van der Waals surface area contributed by atoms with Gasteiger partial charge < -0.3 is 19.9 Å². The number of phenols is 1. The number of amides is 2. The molecule has 1 aromatic carbocycles. The fourth-order valence-corrected chi connectivity index (χ4v) is 4.52. The van der Waals surface area contributed by atoms with Gasteiger partial charge in [0, 0.05) is 61.9 Å². The van der Waals surface area contributed by atoms with Crippen LogP contribution in [0.25, 0.3) is 0 Å². The molecule has 28 heavy (non-hydrogen) atoms. The van der Waals surface area contributed by atoms with Crippen LogP contribution in [0.1, 0.15) is 41.7 Å². The van der Waals surface area contributed by atoms with Crippen molar-refractivity contribution in [3.8, 4) is 5.75 Å². The number of aromatic amines is 1. The molecule has 2 fully saturated rings. The molecule has 7 heteroatoms. The van der Waals surface area contributed by atoms with E-state index in [0.29, 0.717) is 31.6 Å². The molecule has 7 nitrogen and oxygen atoms in total. The maximum atomic E-state index is 12.9. The first-order valence-corrected chi connectivity index (χ1v) is 9.88. The number of aromatic hydroxyl groups is 1. The quantitative estimate of drug-likeness (QED) is 0.848. The number of hydrogen-bond acceptors (Lipinski definition) is 4. The second-order valence-electron chi connectivity index (χ2n) is 8.02. The van der Waals surface area contributed by atoms with Crippen molar-refractivity contribution in [2.75, 3.05) is 26.2 Å². The highest BCUT2D eigenvalue weighted by Crippen LogP contribution is 2.39. The molecule has 2 saturated heterocycles. The molecule has 4 rings (SSSR count). The van der Waals surface area contributed by atoms with Crippen LogP contribution in [0.2, 0.25) is 0 Å². The minimum atomic E-state index is -0.0455. The zero-order chi connectivity index (χ0) is 19.6. The fraction of sp³-hybridized carbons (Fsp3) is 0.476. The Bertz CT molecular complexity index is 851. The van der Waals surface area contributed by atoms with Crippen LogP contribution < -0.4 is 0 Å². The number of nitrogens with zero attached hydrogens (tertiary/aromatic N) is 3. The number of H-pyrrole nitrogens is 1. The summed E-state index contributed by atoms with van der Waals surface area (Å²) in [5, 5.41) is 9.68. The molecule has 2 aliphatic rings. The van der Waals surface area contributed by atoms with E-state index in [1.165, 1.54) is 6.07 Å². The van der Waals surface area contributed by atoms with E-state index in [1.54, 1.807) is 30.7 Å². The molecule has 148 valence electrons. The number of nitrogens with one attached hydrogen (secondary N) is 1. The lowest BCUT2D eigenvalue weighted by Crippen LogP contribution is -2.55. The third-order valence-corrected chi connectivity index (χ3v) is 6.00. The molecule has 2 aliphatic heterocycles. The van der Waals surface area contributed by atoms with Gasteiger partial charge in [-0.05, 0) is 37.5 Å². The van der Waals surface area contributed by atoms with E-state index >= 15 is 0 Å². The first kappa shape index (κ1) is 18.5. The smallest absolute Gasteiger partial charge is 0.254 e. The van der Waals surface area contributed by atoms with Gasteiger partial charge in [0.1, 0.15) is 5.75 Å². The van der Waals surface area contributed by atoms with E-state index in [0.717, 1.165) is 37.9 Å². The number of imidazole rings is 1. The van der Waals surface area contributed by atoms with Crippen LogP contribution in [-0.4, -0.2) is 62.9 Å². The number of piperidine rings is 2. The van der Waals surface area contributed by atoms with Crippen LogP contribution in [0.15, 0.2) is 36.8 Å². The second kappa shape index (κ2) is 7.66. The molecular weight excluding hydrogens is 356 g/mol. The molecule has 2 N–H and O–H groups in total. The third kappa shape index (κ3) is 3.88.